The lowest BCUT2D eigenvalue weighted by Crippen LogP contribution is -2.33. The van der Waals surface area contributed by atoms with Crippen molar-refractivity contribution >= 4 is 5.91 Å². The Hall–Kier alpha value is -3.18. The van der Waals surface area contributed by atoms with Crippen molar-refractivity contribution in [3.63, 3.8) is 0 Å². The van der Waals surface area contributed by atoms with Crippen LogP contribution in [0.4, 0.5) is 0 Å². The number of fused-ring (bicyclic) bond motifs is 1. The quantitative estimate of drug-likeness (QED) is 0.672. The molecule has 1 amide bonds. The highest BCUT2D eigenvalue weighted by Gasteiger charge is 2.26. The Morgan fingerprint density at radius 3 is 2.59 bits per heavy atom. The maximum atomic E-state index is 12.7. The Labute approximate surface area is 189 Å². The number of hydrogen-bond acceptors (Lipinski definition) is 4. The van der Waals surface area contributed by atoms with Crippen LogP contribution in [0.1, 0.15) is 23.6 Å². The van der Waals surface area contributed by atoms with Gasteiger partial charge in [-0.25, -0.2) is 0 Å². The average Bonchev–Trinajstić information content (AvgIpc) is 3.09. The van der Waals surface area contributed by atoms with Crippen LogP contribution in [0.5, 0.6) is 5.75 Å². The molecule has 0 saturated carbocycles. The average molecular weight is 428 g/mol. The molecule has 32 heavy (non-hydrogen) atoms. The number of aromatic nitrogens is 1. The van der Waals surface area contributed by atoms with Crippen molar-refractivity contribution in [2.75, 3.05) is 19.6 Å². The molecule has 1 N–H and O–H groups in total. The number of pyridine rings is 1. The third-order valence-corrected chi connectivity index (χ3v) is 6.39. The van der Waals surface area contributed by atoms with Crippen molar-refractivity contribution in [3.05, 3.63) is 83.7 Å². The number of amides is 1. The maximum Gasteiger partial charge on any atom is 0.224 e. The number of carbonyl (C=O) groups excluding carboxylic acids is 1. The lowest BCUT2D eigenvalue weighted by atomic mass is 9.96. The van der Waals surface area contributed by atoms with Crippen molar-refractivity contribution in [1.82, 2.24) is 15.2 Å². The summed E-state index contributed by atoms with van der Waals surface area (Å²) in [6.45, 7) is 5.30. The Bertz CT molecular complexity index is 1080. The highest BCUT2D eigenvalue weighted by molar-refractivity contribution is 5.79. The van der Waals surface area contributed by atoms with Crippen LogP contribution in [0, 0.1) is 5.92 Å². The fraction of sp³-hybridized carbons (Fsp3) is 0.333. The summed E-state index contributed by atoms with van der Waals surface area (Å²) in [5.41, 5.74) is 6.09. The second kappa shape index (κ2) is 9.13. The van der Waals surface area contributed by atoms with Crippen molar-refractivity contribution < 1.29 is 9.53 Å². The summed E-state index contributed by atoms with van der Waals surface area (Å²) in [4.78, 5) is 19.2. The molecule has 0 spiro atoms. The summed E-state index contributed by atoms with van der Waals surface area (Å²) >= 11 is 0. The smallest absolute Gasteiger partial charge is 0.224 e. The minimum absolute atomic E-state index is 0.0536. The van der Waals surface area contributed by atoms with E-state index in [0.717, 1.165) is 49.4 Å². The van der Waals surface area contributed by atoms with E-state index < -0.39 is 0 Å². The zero-order chi connectivity index (χ0) is 21.9. The molecule has 5 nitrogen and oxygen atoms in total. The summed E-state index contributed by atoms with van der Waals surface area (Å²) in [6.07, 6.45) is 5.59. The predicted octanol–water partition coefficient (Wildman–Crippen LogP) is 3.86. The molecule has 0 radical (unpaired) electrons. The van der Waals surface area contributed by atoms with E-state index in [-0.39, 0.29) is 17.9 Å². The van der Waals surface area contributed by atoms with Crippen LogP contribution in [0.2, 0.25) is 0 Å². The summed E-state index contributed by atoms with van der Waals surface area (Å²) in [6, 6.07) is 19.1. The molecule has 5 heteroatoms. The third kappa shape index (κ3) is 4.68. The van der Waals surface area contributed by atoms with E-state index in [2.05, 4.69) is 64.6 Å². The van der Waals surface area contributed by atoms with Gasteiger partial charge in [0.15, 0.2) is 0 Å². The number of ether oxygens (including phenoxy) is 1. The molecule has 5 rings (SSSR count). The Kier molecular flexibility index (Phi) is 5.91. The van der Waals surface area contributed by atoms with E-state index in [1.807, 2.05) is 24.5 Å². The largest absolute Gasteiger partial charge is 0.490 e. The van der Waals surface area contributed by atoms with Crippen LogP contribution < -0.4 is 10.1 Å². The lowest BCUT2D eigenvalue weighted by molar-refractivity contribution is -0.124. The second-order valence-electron chi connectivity index (χ2n) is 8.93. The second-order valence-corrected chi connectivity index (χ2v) is 8.93. The molecule has 3 aromatic rings. The van der Waals surface area contributed by atoms with Crippen molar-refractivity contribution in [1.29, 1.82) is 0 Å². The Morgan fingerprint density at radius 1 is 1.03 bits per heavy atom. The first-order chi connectivity index (χ1) is 15.6. The molecule has 1 aromatic heterocycles. The topological polar surface area (TPSA) is 54.5 Å². The van der Waals surface area contributed by atoms with Crippen LogP contribution in [-0.2, 0) is 24.2 Å². The zero-order valence-electron chi connectivity index (χ0n) is 18.5. The highest BCUT2D eigenvalue weighted by atomic mass is 16.5. The fourth-order valence-corrected chi connectivity index (χ4v) is 4.76. The molecule has 2 atom stereocenters. The lowest BCUT2D eigenvalue weighted by Gasteiger charge is -2.23. The van der Waals surface area contributed by atoms with E-state index in [0.29, 0.717) is 6.54 Å². The Balaban J connectivity index is 1.26. The van der Waals surface area contributed by atoms with Gasteiger partial charge in [0.2, 0.25) is 5.91 Å². The summed E-state index contributed by atoms with van der Waals surface area (Å²) in [5.74, 6) is 1.12. The molecule has 1 saturated heterocycles. The van der Waals surface area contributed by atoms with Crippen molar-refractivity contribution in [3.8, 4) is 16.9 Å². The summed E-state index contributed by atoms with van der Waals surface area (Å²) in [7, 11) is 0. The van der Waals surface area contributed by atoms with Crippen LogP contribution in [0.3, 0.4) is 0 Å². The third-order valence-electron chi connectivity index (χ3n) is 6.39. The fourth-order valence-electron chi connectivity index (χ4n) is 4.76. The van der Waals surface area contributed by atoms with Gasteiger partial charge in [-0.15, -0.1) is 0 Å². The SMILES string of the molecule is C[C@@H]1Cc2cc(CN3CCNC(=O)[C@@H](Cc4ccc(-c5ccncc5)cc4)C3)ccc2O1. The first kappa shape index (κ1) is 20.7. The Morgan fingerprint density at radius 2 is 1.78 bits per heavy atom. The van der Waals surface area contributed by atoms with Gasteiger partial charge in [0.25, 0.3) is 0 Å². The summed E-state index contributed by atoms with van der Waals surface area (Å²) in [5, 5.41) is 3.11. The van der Waals surface area contributed by atoms with Crippen LogP contribution in [0.25, 0.3) is 11.1 Å². The summed E-state index contributed by atoms with van der Waals surface area (Å²) < 4.78 is 5.83. The molecule has 0 bridgehead atoms. The zero-order valence-corrected chi connectivity index (χ0v) is 18.5. The number of carbonyl (C=O) groups is 1. The van der Waals surface area contributed by atoms with Crippen molar-refractivity contribution in [2.24, 2.45) is 5.92 Å². The molecular weight excluding hydrogens is 398 g/mol. The van der Waals surface area contributed by atoms with Gasteiger partial charge in [-0.3, -0.25) is 14.7 Å². The number of benzene rings is 2. The number of nitrogens with one attached hydrogen (secondary N) is 1. The molecule has 2 aliphatic heterocycles. The number of rotatable bonds is 5. The van der Waals surface area contributed by atoms with Gasteiger partial charge in [0, 0.05) is 45.0 Å². The van der Waals surface area contributed by atoms with Gasteiger partial charge < -0.3 is 10.1 Å². The van der Waals surface area contributed by atoms with Gasteiger partial charge in [-0.2, -0.15) is 0 Å². The monoisotopic (exact) mass is 427 g/mol. The van der Waals surface area contributed by atoms with Gasteiger partial charge in [-0.05, 0) is 59.4 Å². The molecule has 0 aliphatic carbocycles. The molecule has 3 heterocycles. The number of hydrogen-bond donors (Lipinski definition) is 1. The van der Waals surface area contributed by atoms with E-state index in [4.69, 9.17) is 4.74 Å². The van der Waals surface area contributed by atoms with E-state index in [1.54, 1.807) is 0 Å². The van der Waals surface area contributed by atoms with Crippen molar-refractivity contribution in [2.45, 2.75) is 32.4 Å². The van der Waals surface area contributed by atoms with E-state index in [1.165, 1.54) is 16.7 Å². The molecule has 0 unspecified atom stereocenters. The first-order valence-electron chi connectivity index (χ1n) is 11.4. The molecule has 2 aliphatic rings. The molecule has 164 valence electrons. The van der Waals surface area contributed by atoms with E-state index >= 15 is 0 Å². The van der Waals surface area contributed by atoms with E-state index in [9.17, 15) is 4.79 Å². The standard InChI is InChI=1S/C27H29N3O2/c1-19-14-24-16-21(4-7-26(24)32-19)17-30-13-12-29-27(31)25(18-30)15-20-2-5-22(6-3-20)23-8-10-28-11-9-23/h2-11,16,19,25H,12-15,17-18H2,1H3,(H,29,31)/t19-,25+/m1/s1. The minimum Gasteiger partial charge on any atom is -0.490 e. The van der Waals surface area contributed by atoms with Crippen LogP contribution in [0.15, 0.2) is 67.0 Å². The molecular formula is C27H29N3O2. The highest BCUT2D eigenvalue weighted by Crippen LogP contribution is 2.30. The molecule has 1 fully saturated rings. The van der Waals surface area contributed by atoms with Gasteiger partial charge >= 0.3 is 0 Å². The van der Waals surface area contributed by atoms with Crippen LogP contribution in [-0.4, -0.2) is 41.5 Å². The van der Waals surface area contributed by atoms with Gasteiger partial charge in [0.1, 0.15) is 11.9 Å². The normalized spacial score (nSPS) is 20.8. The van der Waals surface area contributed by atoms with Gasteiger partial charge in [0.05, 0.1) is 5.92 Å². The first-order valence-corrected chi connectivity index (χ1v) is 11.4. The van der Waals surface area contributed by atoms with Crippen LogP contribution >= 0.6 is 0 Å². The minimum atomic E-state index is -0.0536. The predicted molar refractivity (Wildman–Crippen MR) is 125 cm³/mol. The number of nitrogens with zero attached hydrogens (tertiary/aromatic N) is 2. The molecule has 2 aromatic carbocycles. The van der Waals surface area contributed by atoms with Gasteiger partial charge in [-0.1, -0.05) is 36.4 Å². The maximum absolute atomic E-state index is 12.7.